The maximum atomic E-state index is 10.9. The van der Waals surface area contributed by atoms with Gasteiger partial charge in [0.1, 0.15) is 11.9 Å². The minimum Gasteiger partial charge on any atom is -0.483 e. The minimum absolute atomic E-state index is 0.118. The summed E-state index contributed by atoms with van der Waals surface area (Å²) in [6.07, 6.45) is -0.118. The Hall–Kier alpha value is -1.33. The van der Waals surface area contributed by atoms with Crippen molar-refractivity contribution >= 4 is 28.6 Å². The lowest BCUT2D eigenvalue weighted by atomic mass is 10.3. The van der Waals surface area contributed by atoms with Crippen molar-refractivity contribution in [3.05, 3.63) is 38.7 Å². The van der Waals surface area contributed by atoms with Crippen LogP contribution >= 0.6 is 22.7 Å². The van der Waals surface area contributed by atoms with Gasteiger partial charge in [0.05, 0.1) is 0 Å². The molecule has 0 saturated heterocycles. The summed E-state index contributed by atoms with van der Waals surface area (Å²) in [5.41, 5.74) is 0. The number of hydrogen-bond donors (Lipinski definition) is 1. The van der Waals surface area contributed by atoms with Crippen LogP contribution < -0.4 is 4.74 Å². The van der Waals surface area contributed by atoms with Crippen LogP contribution in [-0.2, 0) is 0 Å². The summed E-state index contributed by atoms with van der Waals surface area (Å²) in [5.74, 6) is -0.498. The van der Waals surface area contributed by atoms with E-state index in [0.29, 0.717) is 5.75 Å². The van der Waals surface area contributed by atoms with Gasteiger partial charge in [0.2, 0.25) is 0 Å². The van der Waals surface area contributed by atoms with Crippen LogP contribution in [0, 0.1) is 0 Å². The van der Waals surface area contributed by atoms with Crippen LogP contribution in [0.5, 0.6) is 5.75 Å². The smallest absolute Gasteiger partial charge is 0.349 e. The Balaban J connectivity index is 2.15. The Kier molecular flexibility index (Phi) is 3.26. The molecular formula is C11H10O3S2. The normalized spacial score (nSPS) is 12.3. The molecule has 1 atom stereocenters. The third-order valence-corrected chi connectivity index (χ3v) is 3.99. The first-order chi connectivity index (χ1) is 7.68. The Morgan fingerprint density at radius 3 is 2.81 bits per heavy atom. The molecule has 84 valence electrons. The van der Waals surface area contributed by atoms with Gasteiger partial charge in [-0.25, -0.2) is 4.79 Å². The van der Waals surface area contributed by atoms with Gasteiger partial charge in [-0.3, -0.25) is 0 Å². The molecule has 0 aliphatic rings. The highest BCUT2D eigenvalue weighted by Gasteiger charge is 2.16. The van der Waals surface area contributed by atoms with E-state index in [1.807, 2.05) is 24.4 Å². The number of hydrogen-bond acceptors (Lipinski definition) is 4. The average Bonchev–Trinajstić information content (AvgIpc) is 2.86. The second kappa shape index (κ2) is 4.67. The molecule has 0 aliphatic heterocycles. The van der Waals surface area contributed by atoms with E-state index in [9.17, 15) is 4.79 Å². The highest BCUT2D eigenvalue weighted by Crippen LogP contribution is 2.30. The molecule has 0 aliphatic carbocycles. The van der Waals surface area contributed by atoms with Crippen molar-refractivity contribution in [2.75, 3.05) is 0 Å². The molecule has 0 aromatic carbocycles. The quantitative estimate of drug-likeness (QED) is 0.906. The highest BCUT2D eigenvalue weighted by molar-refractivity contribution is 7.12. The lowest BCUT2D eigenvalue weighted by molar-refractivity contribution is 0.0696. The standard InChI is InChI=1S/C11H10O3S2/c1-7(9-3-2-5-15-9)14-8-4-6-16-10(8)11(12)13/h2-7H,1H3,(H,12,13). The van der Waals surface area contributed by atoms with Crippen molar-refractivity contribution in [1.82, 2.24) is 0 Å². The predicted octanol–water partition coefficient (Wildman–Crippen LogP) is 3.65. The van der Waals surface area contributed by atoms with Crippen LogP contribution in [0.1, 0.15) is 27.6 Å². The first-order valence-corrected chi connectivity index (χ1v) is 6.45. The number of carbonyl (C=O) groups is 1. The molecule has 3 nitrogen and oxygen atoms in total. The van der Waals surface area contributed by atoms with Crippen molar-refractivity contribution in [2.45, 2.75) is 13.0 Å². The third kappa shape index (κ3) is 2.25. The van der Waals surface area contributed by atoms with Crippen LogP contribution in [0.3, 0.4) is 0 Å². The van der Waals surface area contributed by atoms with Crippen LogP contribution in [0.4, 0.5) is 0 Å². The molecule has 1 N–H and O–H groups in total. The van der Waals surface area contributed by atoms with Gasteiger partial charge in [-0.05, 0) is 29.8 Å². The molecule has 2 aromatic heterocycles. The Labute approximate surface area is 101 Å². The van der Waals surface area contributed by atoms with Crippen molar-refractivity contribution in [2.24, 2.45) is 0 Å². The molecular weight excluding hydrogens is 244 g/mol. The second-order valence-corrected chi connectivity index (χ2v) is 5.09. The van der Waals surface area contributed by atoms with Gasteiger partial charge >= 0.3 is 5.97 Å². The van der Waals surface area contributed by atoms with Gasteiger partial charge in [0, 0.05) is 4.88 Å². The fourth-order valence-electron chi connectivity index (χ4n) is 1.32. The summed E-state index contributed by atoms with van der Waals surface area (Å²) in [6.45, 7) is 1.91. The number of thiophene rings is 2. The summed E-state index contributed by atoms with van der Waals surface area (Å²) in [4.78, 5) is 12.2. The van der Waals surface area contributed by atoms with Gasteiger partial charge in [0.15, 0.2) is 4.88 Å². The largest absolute Gasteiger partial charge is 0.483 e. The Bertz CT molecular complexity index is 473. The lowest BCUT2D eigenvalue weighted by Crippen LogP contribution is -2.03. The van der Waals surface area contributed by atoms with E-state index in [-0.39, 0.29) is 11.0 Å². The highest BCUT2D eigenvalue weighted by atomic mass is 32.1. The summed E-state index contributed by atoms with van der Waals surface area (Å²) in [5, 5.41) is 12.6. The van der Waals surface area contributed by atoms with Crippen molar-refractivity contribution in [3.8, 4) is 5.75 Å². The molecule has 0 radical (unpaired) electrons. The second-order valence-electron chi connectivity index (χ2n) is 3.19. The maximum Gasteiger partial charge on any atom is 0.349 e. The maximum absolute atomic E-state index is 10.9. The molecule has 0 spiro atoms. The fraction of sp³-hybridized carbons (Fsp3) is 0.182. The van der Waals surface area contributed by atoms with Gasteiger partial charge in [-0.1, -0.05) is 6.07 Å². The number of carboxylic acids is 1. The minimum atomic E-state index is -0.941. The van der Waals surface area contributed by atoms with E-state index in [1.54, 1.807) is 22.8 Å². The topological polar surface area (TPSA) is 46.5 Å². The third-order valence-electron chi connectivity index (χ3n) is 2.07. The number of aromatic carboxylic acids is 1. The zero-order valence-electron chi connectivity index (χ0n) is 8.54. The van der Waals surface area contributed by atoms with Crippen LogP contribution in [0.25, 0.3) is 0 Å². The van der Waals surface area contributed by atoms with E-state index in [1.165, 1.54) is 11.3 Å². The summed E-state index contributed by atoms with van der Waals surface area (Å²) >= 11 is 2.77. The zero-order valence-corrected chi connectivity index (χ0v) is 10.2. The van der Waals surface area contributed by atoms with E-state index in [2.05, 4.69) is 0 Å². The van der Waals surface area contributed by atoms with Gasteiger partial charge in [0.25, 0.3) is 0 Å². The van der Waals surface area contributed by atoms with Crippen LogP contribution in [0.15, 0.2) is 29.0 Å². The number of ether oxygens (including phenoxy) is 1. The molecule has 16 heavy (non-hydrogen) atoms. The molecule has 2 heterocycles. The van der Waals surface area contributed by atoms with Gasteiger partial charge in [-0.15, -0.1) is 22.7 Å². The molecule has 0 fully saturated rings. The number of carboxylic acid groups (broad SMARTS) is 1. The van der Waals surface area contributed by atoms with Crippen molar-refractivity contribution in [3.63, 3.8) is 0 Å². The van der Waals surface area contributed by atoms with Crippen molar-refractivity contribution < 1.29 is 14.6 Å². The molecule has 2 aromatic rings. The van der Waals surface area contributed by atoms with Crippen LogP contribution in [0.2, 0.25) is 0 Å². The molecule has 5 heteroatoms. The van der Waals surface area contributed by atoms with E-state index >= 15 is 0 Å². The summed E-state index contributed by atoms with van der Waals surface area (Å²) in [6, 6.07) is 5.62. The molecule has 0 amide bonds. The lowest BCUT2D eigenvalue weighted by Gasteiger charge is -2.12. The molecule has 2 rings (SSSR count). The first-order valence-electron chi connectivity index (χ1n) is 4.69. The van der Waals surface area contributed by atoms with Crippen LogP contribution in [-0.4, -0.2) is 11.1 Å². The number of rotatable bonds is 4. The van der Waals surface area contributed by atoms with E-state index < -0.39 is 5.97 Å². The average molecular weight is 254 g/mol. The summed E-state index contributed by atoms with van der Waals surface area (Å²) < 4.78 is 5.63. The van der Waals surface area contributed by atoms with Crippen molar-refractivity contribution in [1.29, 1.82) is 0 Å². The van der Waals surface area contributed by atoms with Gasteiger partial charge in [-0.2, -0.15) is 0 Å². The predicted molar refractivity (Wildman–Crippen MR) is 64.6 cm³/mol. The van der Waals surface area contributed by atoms with E-state index in [4.69, 9.17) is 9.84 Å². The monoisotopic (exact) mass is 254 g/mol. The zero-order chi connectivity index (χ0) is 11.5. The molecule has 1 unspecified atom stereocenters. The Morgan fingerprint density at radius 2 is 2.19 bits per heavy atom. The fourth-order valence-corrected chi connectivity index (χ4v) is 2.69. The summed E-state index contributed by atoms with van der Waals surface area (Å²) in [7, 11) is 0. The Morgan fingerprint density at radius 1 is 1.38 bits per heavy atom. The van der Waals surface area contributed by atoms with E-state index in [0.717, 1.165) is 4.88 Å². The molecule has 0 bridgehead atoms. The first kappa shape index (κ1) is 11.2. The SMILES string of the molecule is CC(Oc1ccsc1C(=O)O)c1cccs1. The molecule has 0 saturated carbocycles. The van der Waals surface area contributed by atoms with Gasteiger partial charge < -0.3 is 9.84 Å².